The molecule has 62 valence electrons. The summed E-state index contributed by atoms with van der Waals surface area (Å²) in [4.78, 5) is 18.6. The highest BCUT2D eigenvalue weighted by molar-refractivity contribution is 7.32. The minimum atomic E-state index is -2.71. The van der Waals surface area contributed by atoms with Crippen LogP contribution in [0.3, 0.4) is 0 Å². The van der Waals surface area contributed by atoms with Crippen molar-refractivity contribution in [3.63, 3.8) is 0 Å². The molecule has 0 heterocycles. The molecule has 0 bridgehead atoms. The fourth-order valence-corrected chi connectivity index (χ4v) is 0.391. The van der Waals surface area contributed by atoms with E-state index in [0.29, 0.717) is 0 Å². The van der Waals surface area contributed by atoms with Gasteiger partial charge in [0.1, 0.15) is 0 Å². The average Bonchev–Trinajstić information content (AvgIpc) is 1.86. The third kappa shape index (κ3) is 5.66. The zero-order valence-electron chi connectivity index (χ0n) is 5.94. The molecule has 11 heavy (non-hydrogen) atoms. The van der Waals surface area contributed by atoms with Gasteiger partial charge in [-0.25, -0.2) is 4.79 Å². The molecule has 0 aliphatic carbocycles. The largest absolute Gasteiger partial charge is 0.698 e. The molecule has 0 aromatic rings. The van der Waals surface area contributed by atoms with Gasteiger partial charge in [-0.1, -0.05) is 11.1 Å². The predicted octanol–water partition coefficient (Wildman–Crippen LogP) is 0.730. The van der Waals surface area contributed by atoms with Crippen LogP contribution in [0.25, 0.3) is 0 Å². The predicted molar refractivity (Wildman–Crippen MR) is 36.7 cm³/mol. The van der Waals surface area contributed by atoms with E-state index in [1.54, 1.807) is 0 Å². The van der Waals surface area contributed by atoms with Crippen LogP contribution in [0, 0.1) is 0 Å². The van der Waals surface area contributed by atoms with Crippen molar-refractivity contribution in [2.45, 2.75) is 6.92 Å². The van der Waals surface area contributed by atoms with Gasteiger partial charge in [0.15, 0.2) is 0 Å². The third-order valence-electron chi connectivity index (χ3n) is 0.702. The number of rotatable bonds is 4. The molecule has 0 amide bonds. The van der Waals surface area contributed by atoms with Crippen LogP contribution in [0.15, 0.2) is 12.2 Å². The van der Waals surface area contributed by atoms with Crippen LogP contribution in [0.5, 0.6) is 0 Å². The first-order valence-electron chi connectivity index (χ1n) is 2.65. The molecule has 5 nitrogen and oxygen atoms in total. The monoisotopic (exact) mass is 179 g/mol. The van der Waals surface area contributed by atoms with Gasteiger partial charge >= 0.3 is 14.2 Å². The Morgan fingerprint density at radius 2 is 2.27 bits per heavy atom. The second-order valence-electron chi connectivity index (χ2n) is 1.70. The van der Waals surface area contributed by atoms with Crippen LogP contribution < -0.4 is 0 Å². The van der Waals surface area contributed by atoms with Crippen LogP contribution in [0.1, 0.15) is 6.92 Å². The molecule has 0 spiro atoms. The quantitative estimate of drug-likeness (QED) is 0.298. The maximum atomic E-state index is 10.5. The maximum absolute atomic E-state index is 10.5. The Bertz CT molecular complexity index is 187. The van der Waals surface area contributed by atoms with Crippen LogP contribution in [0.2, 0.25) is 0 Å². The maximum Gasteiger partial charge on any atom is 0.698 e. The summed E-state index contributed by atoms with van der Waals surface area (Å²) in [5.74, 6) is -0.651. The topological polar surface area (TPSA) is 72.8 Å². The minimum absolute atomic E-state index is 0.210. The van der Waals surface area contributed by atoms with E-state index in [2.05, 4.69) is 15.8 Å². The van der Waals surface area contributed by atoms with Crippen molar-refractivity contribution >= 4 is 14.2 Å². The fraction of sp³-hybridized carbons (Fsp3) is 0.400. The zero-order valence-corrected chi connectivity index (χ0v) is 6.84. The number of hydrogen-bond donors (Lipinski definition) is 1. The Morgan fingerprint density at radius 3 is 2.64 bits per heavy atom. The van der Waals surface area contributed by atoms with E-state index in [1.807, 2.05) is 0 Å². The van der Waals surface area contributed by atoms with Gasteiger partial charge in [0, 0.05) is 10.1 Å². The van der Waals surface area contributed by atoms with Gasteiger partial charge in [-0.15, -0.1) is 4.89 Å². The number of esters is 1. The lowest BCUT2D eigenvalue weighted by Gasteiger charge is -1.96. The first-order chi connectivity index (χ1) is 5.04. The van der Waals surface area contributed by atoms with Crippen LogP contribution >= 0.6 is 8.25 Å². The van der Waals surface area contributed by atoms with Crippen molar-refractivity contribution in [1.82, 2.24) is 0 Å². The van der Waals surface area contributed by atoms with Crippen molar-refractivity contribution in [2.24, 2.45) is 0 Å². The number of hydrogen-bond acceptors (Lipinski definition) is 4. The molecule has 0 radical (unpaired) electrons. The van der Waals surface area contributed by atoms with E-state index in [-0.39, 0.29) is 5.57 Å². The molecule has 0 aliphatic rings. The summed E-state index contributed by atoms with van der Waals surface area (Å²) < 4.78 is 18.2. The van der Waals surface area contributed by atoms with Crippen molar-refractivity contribution in [3.8, 4) is 0 Å². The summed E-state index contributed by atoms with van der Waals surface area (Å²) in [6, 6.07) is 0. The molecular weight excluding hydrogens is 171 g/mol. The molecule has 0 aliphatic heterocycles. The van der Waals surface area contributed by atoms with Crippen LogP contribution in [-0.2, 0) is 18.6 Å². The fourth-order valence-electron chi connectivity index (χ4n) is 0.248. The van der Waals surface area contributed by atoms with E-state index in [1.165, 1.54) is 6.92 Å². The summed E-state index contributed by atoms with van der Waals surface area (Å²) in [5, 5.41) is 0. The van der Waals surface area contributed by atoms with Crippen molar-refractivity contribution in [2.75, 3.05) is 6.79 Å². The van der Waals surface area contributed by atoms with Crippen LogP contribution in [-0.4, -0.2) is 17.7 Å². The summed E-state index contributed by atoms with van der Waals surface area (Å²) >= 11 is 0. The van der Waals surface area contributed by atoms with Gasteiger partial charge in [0.05, 0.1) is 0 Å². The normalized spacial score (nSPS) is 10.5. The number of ether oxygens (including phenoxy) is 1. The average molecular weight is 179 g/mol. The second-order valence-corrected chi connectivity index (χ2v) is 2.43. The molecule has 6 heteroatoms. The standard InChI is InChI=1S/C5H7O5P/c1-4(2)5(6)9-3-10-11(7)8/h1,3H2,2H3/p+1. The highest BCUT2D eigenvalue weighted by atomic mass is 31.1. The van der Waals surface area contributed by atoms with Gasteiger partial charge in [-0.05, 0) is 6.92 Å². The zero-order chi connectivity index (χ0) is 8.85. The molecule has 0 aromatic heterocycles. The van der Waals surface area contributed by atoms with E-state index < -0.39 is 21.0 Å². The molecular formula is C5H8O5P+. The lowest BCUT2D eigenvalue weighted by atomic mass is 10.4. The first kappa shape index (κ1) is 10.2. The molecule has 0 aromatic carbocycles. The lowest BCUT2D eigenvalue weighted by Crippen LogP contribution is -2.06. The van der Waals surface area contributed by atoms with E-state index in [9.17, 15) is 9.36 Å². The Kier molecular flexibility index (Phi) is 4.61. The SMILES string of the molecule is C=C(C)C(=O)OCO[P+](=O)O. The second kappa shape index (κ2) is 4.96. The number of carbonyl (C=O) groups excluding carboxylic acids is 1. The van der Waals surface area contributed by atoms with Gasteiger partial charge in [-0.2, -0.15) is 0 Å². The first-order valence-corrected chi connectivity index (χ1v) is 3.78. The highest BCUT2D eigenvalue weighted by Crippen LogP contribution is 2.13. The highest BCUT2D eigenvalue weighted by Gasteiger charge is 2.13. The Morgan fingerprint density at radius 1 is 1.73 bits per heavy atom. The summed E-state index contributed by atoms with van der Waals surface area (Å²) in [7, 11) is -2.71. The Balaban J connectivity index is 3.47. The van der Waals surface area contributed by atoms with Gasteiger partial charge in [0.25, 0.3) is 0 Å². The number of carbonyl (C=O) groups is 1. The molecule has 0 saturated carbocycles. The van der Waals surface area contributed by atoms with Gasteiger partial charge < -0.3 is 4.74 Å². The van der Waals surface area contributed by atoms with Gasteiger partial charge in [-0.3, -0.25) is 0 Å². The van der Waals surface area contributed by atoms with E-state index in [4.69, 9.17) is 4.89 Å². The molecule has 0 saturated heterocycles. The summed E-state index contributed by atoms with van der Waals surface area (Å²) in [5.41, 5.74) is 0.210. The molecule has 0 rings (SSSR count). The van der Waals surface area contributed by atoms with Crippen molar-refractivity contribution in [3.05, 3.63) is 12.2 Å². The minimum Gasteiger partial charge on any atom is -0.430 e. The van der Waals surface area contributed by atoms with E-state index in [0.717, 1.165) is 0 Å². The van der Waals surface area contributed by atoms with Gasteiger partial charge in [0.2, 0.25) is 6.79 Å². The molecule has 1 N–H and O–H groups in total. The third-order valence-corrected chi connectivity index (χ3v) is 1.03. The van der Waals surface area contributed by atoms with E-state index >= 15 is 0 Å². The molecule has 1 atom stereocenters. The smallest absolute Gasteiger partial charge is 0.430 e. The van der Waals surface area contributed by atoms with Crippen LogP contribution in [0.4, 0.5) is 0 Å². The lowest BCUT2D eigenvalue weighted by molar-refractivity contribution is -0.145. The molecule has 1 unspecified atom stereocenters. The van der Waals surface area contributed by atoms with Crippen molar-refractivity contribution < 1.29 is 23.5 Å². The Hall–Kier alpha value is -0.770. The summed E-state index contributed by atoms with van der Waals surface area (Å²) in [6.07, 6.45) is 0. The summed E-state index contributed by atoms with van der Waals surface area (Å²) in [6.45, 7) is 4.22. The Labute approximate surface area is 64.6 Å². The molecule has 0 fully saturated rings. The van der Waals surface area contributed by atoms with Crippen molar-refractivity contribution in [1.29, 1.82) is 0 Å².